The van der Waals surface area contributed by atoms with Gasteiger partial charge in [0.05, 0.1) is 4.47 Å². The van der Waals surface area contributed by atoms with Crippen LogP contribution in [-0.2, 0) is 4.79 Å². The molecule has 0 saturated carbocycles. The first kappa shape index (κ1) is 25.2. The van der Waals surface area contributed by atoms with E-state index in [-0.39, 0.29) is 0 Å². The van der Waals surface area contributed by atoms with Crippen molar-refractivity contribution >= 4 is 41.8 Å². The number of nitrogens with one attached hydrogen (secondary N) is 1. The summed E-state index contributed by atoms with van der Waals surface area (Å²) >= 11 is 3.50. The normalized spacial score (nSPS) is 12.6. The summed E-state index contributed by atoms with van der Waals surface area (Å²) in [6.07, 6.45) is -1.17. The van der Waals surface area contributed by atoms with E-state index >= 15 is 0 Å². The van der Waals surface area contributed by atoms with E-state index in [9.17, 15) is 9.59 Å². The van der Waals surface area contributed by atoms with Gasteiger partial charge in [-0.05, 0) is 51.6 Å². The maximum atomic E-state index is 12.3. The third-order valence-corrected chi connectivity index (χ3v) is 12.6. The Balaban J connectivity index is 3.24. The average molecular weight is 482 g/mol. The molecule has 0 aliphatic rings. The molecule has 0 spiro atoms. The second-order valence-electron chi connectivity index (χ2n) is 8.23. The van der Waals surface area contributed by atoms with Crippen LogP contribution in [0.5, 0.6) is 0 Å². The molecule has 0 aliphatic carbocycles. The third kappa shape index (κ3) is 5.83. The van der Waals surface area contributed by atoms with Gasteiger partial charge >= 0.3 is 6.09 Å². The van der Waals surface area contributed by atoms with E-state index in [1.54, 1.807) is 12.1 Å². The van der Waals surface area contributed by atoms with Crippen LogP contribution in [0.1, 0.15) is 54.2 Å². The van der Waals surface area contributed by atoms with Gasteiger partial charge in [0.15, 0.2) is 0 Å². The zero-order chi connectivity index (χ0) is 22.5. The van der Waals surface area contributed by atoms with Crippen LogP contribution in [0.15, 0.2) is 16.6 Å². The van der Waals surface area contributed by atoms with Crippen molar-refractivity contribution in [3.63, 3.8) is 0 Å². The Morgan fingerprint density at radius 3 is 2.07 bits per heavy atom. The molecule has 1 aromatic heterocycles. The molecule has 1 heterocycles. The summed E-state index contributed by atoms with van der Waals surface area (Å²) in [5.74, 6) is 3.18. The van der Waals surface area contributed by atoms with Crippen LogP contribution in [0.2, 0.25) is 16.6 Å². The van der Waals surface area contributed by atoms with Gasteiger partial charge in [-0.1, -0.05) is 47.5 Å². The van der Waals surface area contributed by atoms with E-state index < -0.39 is 26.1 Å². The molecule has 1 atom stereocenters. The summed E-state index contributed by atoms with van der Waals surface area (Å²) < 4.78 is 0.762. The molecule has 0 aromatic carbocycles. The first-order chi connectivity index (χ1) is 13.3. The van der Waals surface area contributed by atoms with Crippen LogP contribution in [0.4, 0.5) is 10.6 Å². The number of likely N-dealkylation sites (N-methyl/N-ethyl adjacent to an activating group) is 1. The maximum absolute atomic E-state index is 12.3. The van der Waals surface area contributed by atoms with E-state index in [1.807, 2.05) is 0 Å². The Labute approximate surface area is 183 Å². The highest BCUT2D eigenvalue weighted by molar-refractivity contribution is 9.10. The van der Waals surface area contributed by atoms with Crippen LogP contribution < -0.4 is 5.32 Å². The Bertz CT molecular complexity index is 793. The smallest absolute Gasteiger partial charge is 0.407 e. The van der Waals surface area contributed by atoms with Crippen molar-refractivity contribution in [1.29, 1.82) is 0 Å². The second-order valence-corrected chi connectivity index (χ2v) is 14.7. The molecule has 6 nitrogen and oxygen atoms in total. The molecule has 1 aromatic rings. The van der Waals surface area contributed by atoms with Crippen LogP contribution in [-0.4, -0.2) is 48.2 Å². The lowest BCUT2D eigenvalue weighted by Gasteiger charge is -2.38. The molecule has 0 radical (unpaired) electrons. The van der Waals surface area contributed by atoms with Gasteiger partial charge in [0.25, 0.3) is 0 Å². The molecule has 2 amide bonds. The van der Waals surface area contributed by atoms with Crippen molar-refractivity contribution in [3.05, 3.63) is 22.3 Å². The summed E-state index contributed by atoms with van der Waals surface area (Å²) in [5, 5.41) is 11.7. The van der Waals surface area contributed by atoms with Gasteiger partial charge in [-0.25, -0.2) is 9.78 Å². The molecule has 1 unspecified atom stereocenters. The SMILES string of the molecule is CC(C(=O)Nc1ccc(Br)c(C#C[Si](C(C)C)(C(C)C)C(C)C)n1)N(C)C(=O)O. The fourth-order valence-corrected chi connectivity index (χ4v) is 9.29. The van der Waals surface area contributed by atoms with E-state index in [0.717, 1.165) is 9.37 Å². The number of halogens is 1. The molecule has 1 rings (SSSR count). The van der Waals surface area contributed by atoms with Crippen molar-refractivity contribution in [3.8, 4) is 11.5 Å². The van der Waals surface area contributed by atoms with Crippen molar-refractivity contribution < 1.29 is 14.7 Å². The quantitative estimate of drug-likeness (QED) is 0.423. The first-order valence-corrected chi connectivity index (χ1v) is 12.8. The predicted molar refractivity (Wildman–Crippen MR) is 124 cm³/mol. The number of hydrogen-bond donors (Lipinski definition) is 2. The minimum atomic E-state index is -1.91. The van der Waals surface area contributed by atoms with Crippen LogP contribution in [0, 0.1) is 11.5 Å². The highest BCUT2D eigenvalue weighted by Crippen LogP contribution is 2.40. The molecule has 8 heteroatoms. The minimum absolute atomic E-state index is 0.346. The largest absolute Gasteiger partial charge is 0.465 e. The van der Waals surface area contributed by atoms with Gasteiger partial charge in [0, 0.05) is 7.05 Å². The van der Waals surface area contributed by atoms with Gasteiger partial charge in [-0.3, -0.25) is 9.69 Å². The summed E-state index contributed by atoms with van der Waals surface area (Å²) in [4.78, 5) is 28.8. The monoisotopic (exact) mass is 481 g/mol. The number of carbonyl (C=O) groups excluding carboxylic acids is 1. The average Bonchev–Trinajstić information content (AvgIpc) is 2.62. The summed E-state index contributed by atoms with van der Waals surface area (Å²) in [6.45, 7) is 15.0. The fraction of sp³-hybridized carbons (Fsp3) is 0.571. The van der Waals surface area contributed by atoms with Gasteiger partial charge in [0.1, 0.15) is 25.6 Å². The topological polar surface area (TPSA) is 82.5 Å². The zero-order valence-corrected chi connectivity index (χ0v) is 21.1. The highest BCUT2D eigenvalue weighted by Gasteiger charge is 2.41. The van der Waals surface area contributed by atoms with E-state index in [1.165, 1.54) is 14.0 Å². The molecule has 0 aliphatic heterocycles. The molecule has 0 fully saturated rings. The van der Waals surface area contributed by atoms with Crippen LogP contribution >= 0.6 is 15.9 Å². The van der Waals surface area contributed by atoms with E-state index in [0.29, 0.717) is 28.1 Å². The zero-order valence-electron chi connectivity index (χ0n) is 18.5. The van der Waals surface area contributed by atoms with Crippen LogP contribution in [0.3, 0.4) is 0 Å². The number of anilines is 1. The lowest BCUT2D eigenvalue weighted by Crippen LogP contribution is -2.43. The third-order valence-electron chi connectivity index (χ3n) is 5.62. The van der Waals surface area contributed by atoms with Crippen LogP contribution in [0.25, 0.3) is 0 Å². The lowest BCUT2D eigenvalue weighted by atomic mass is 10.3. The van der Waals surface area contributed by atoms with E-state index in [2.05, 4.69) is 79.2 Å². The molecule has 0 saturated heterocycles. The number of aromatic nitrogens is 1. The predicted octanol–water partition coefficient (Wildman–Crippen LogP) is 5.35. The first-order valence-electron chi connectivity index (χ1n) is 9.80. The Hall–Kier alpha value is -1.85. The molecule has 160 valence electrons. The second kappa shape index (κ2) is 10.3. The van der Waals surface area contributed by atoms with Gasteiger partial charge in [-0.2, -0.15) is 0 Å². The number of carbonyl (C=O) groups is 2. The standard InChI is InChI=1S/C21H32BrN3O3Si/c1-13(2)29(14(3)4,15(5)6)12-11-18-17(22)9-10-19(23-18)24-20(26)16(7)25(8)21(27)28/h9-10,13-16H,1-8H3,(H,27,28)(H,23,24,26). The van der Waals surface area contributed by atoms with Gasteiger partial charge in [-0.15, -0.1) is 5.54 Å². The Kier molecular flexibility index (Phi) is 8.91. The number of amides is 2. The molecular weight excluding hydrogens is 450 g/mol. The van der Waals surface area contributed by atoms with Crippen molar-refractivity contribution in [2.24, 2.45) is 0 Å². The summed E-state index contributed by atoms with van der Waals surface area (Å²) in [5.41, 5.74) is 5.70. The number of hydrogen-bond acceptors (Lipinski definition) is 3. The van der Waals surface area contributed by atoms with Gasteiger partial charge < -0.3 is 10.4 Å². The molecule has 29 heavy (non-hydrogen) atoms. The Morgan fingerprint density at radius 1 is 1.10 bits per heavy atom. The summed E-state index contributed by atoms with van der Waals surface area (Å²) in [7, 11) is -0.556. The number of carboxylic acid groups (broad SMARTS) is 1. The van der Waals surface area contributed by atoms with Crippen molar-refractivity contribution in [2.75, 3.05) is 12.4 Å². The fourth-order valence-electron chi connectivity index (χ4n) is 3.77. The van der Waals surface area contributed by atoms with Crippen molar-refractivity contribution in [1.82, 2.24) is 9.88 Å². The Morgan fingerprint density at radius 2 is 1.62 bits per heavy atom. The van der Waals surface area contributed by atoms with Gasteiger partial charge in [0.2, 0.25) is 5.91 Å². The molecular formula is C21H32BrN3O3Si. The number of nitrogens with zero attached hydrogens (tertiary/aromatic N) is 2. The minimum Gasteiger partial charge on any atom is -0.465 e. The van der Waals surface area contributed by atoms with E-state index in [4.69, 9.17) is 5.11 Å². The highest BCUT2D eigenvalue weighted by atomic mass is 79.9. The maximum Gasteiger partial charge on any atom is 0.407 e. The molecule has 0 bridgehead atoms. The summed E-state index contributed by atoms with van der Waals surface area (Å²) in [6, 6.07) is 2.62. The lowest BCUT2D eigenvalue weighted by molar-refractivity contribution is -0.119. The van der Waals surface area contributed by atoms with Crippen molar-refractivity contribution in [2.45, 2.75) is 71.1 Å². The number of pyridine rings is 1. The number of rotatable bonds is 6. The molecule has 2 N–H and O–H groups in total.